The molecular formula is C28H27N5O6. The van der Waals surface area contributed by atoms with E-state index in [4.69, 9.17) is 38.5 Å². The Bertz CT molecular complexity index is 1590. The molecule has 0 bridgehead atoms. The first-order chi connectivity index (χ1) is 19.1. The van der Waals surface area contributed by atoms with Gasteiger partial charge in [0.15, 0.2) is 28.8 Å². The van der Waals surface area contributed by atoms with Crippen molar-refractivity contribution in [3.63, 3.8) is 0 Å². The lowest BCUT2D eigenvalue weighted by molar-refractivity contribution is 0.324. The molecule has 5 aromatic rings. The van der Waals surface area contributed by atoms with E-state index in [1.165, 1.54) is 0 Å². The van der Waals surface area contributed by atoms with Crippen LogP contribution in [0.25, 0.3) is 39.5 Å². The molecule has 0 fully saturated rings. The average Bonchev–Trinajstić information content (AvgIpc) is 3.38. The zero-order chi connectivity index (χ0) is 27.5. The lowest BCUT2D eigenvalue weighted by Crippen LogP contribution is -2.03. The number of fused-ring (bicyclic) bond motifs is 1. The Kier molecular flexibility index (Phi) is 7.04. The SMILES string of the molecule is COc1cc(-c2nn(-c3cc(OC)c(OC)c(OC)c3)c3nnc(-c4ccccc4)nc23)cc(OC)c1OC. The van der Waals surface area contributed by atoms with Crippen LogP contribution in [0.15, 0.2) is 54.6 Å². The van der Waals surface area contributed by atoms with Crippen LogP contribution in [0.1, 0.15) is 0 Å². The van der Waals surface area contributed by atoms with Crippen molar-refractivity contribution < 1.29 is 28.4 Å². The van der Waals surface area contributed by atoms with E-state index in [1.807, 2.05) is 42.5 Å². The third-order valence-corrected chi connectivity index (χ3v) is 6.16. The first kappa shape index (κ1) is 25.6. The summed E-state index contributed by atoms with van der Waals surface area (Å²) in [5.41, 5.74) is 3.59. The molecule has 39 heavy (non-hydrogen) atoms. The van der Waals surface area contributed by atoms with Gasteiger partial charge in [-0.3, -0.25) is 0 Å². The molecule has 0 spiro atoms. The Morgan fingerprint density at radius 3 is 1.64 bits per heavy atom. The molecule has 0 aliphatic heterocycles. The Hall–Kier alpha value is -5.06. The summed E-state index contributed by atoms with van der Waals surface area (Å²) in [7, 11) is 9.33. The molecule has 5 rings (SSSR count). The van der Waals surface area contributed by atoms with Gasteiger partial charge in [-0.15, -0.1) is 10.2 Å². The highest BCUT2D eigenvalue weighted by Crippen LogP contribution is 2.43. The highest BCUT2D eigenvalue weighted by atomic mass is 16.5. The van der Waals surface area contributed by atoms with Gasteiger partial charge in [0.05, 0.1) is 48.3 Å². The lowest BCUT2D eigenvalue weighted by atomic mass is 10.1. The smallest absolute Gasteiger partial charge is 0.204 e. The van der Waals surface area contributed by atoms with Gasteiger partial charge in [0.2, 0.25) is 17.1 Å². The molecule has 0 unspecified atom stereocenters. The molecule has 0 atom stereocenters. The fraction of sp³-hybridized carbons (Fsp3) is 0.214. The number of aromatic nitrogens is 5. The second-order valence-corrected chi connectivity index (χ2v) is 8.23. The third-order valence-electron chi connectivity index (χ3n) is 6.16. The van der Waals surface area contributed by atoms with E-state index >= 15 is 0 Å². The number of rotatable bonds is 9. The maximum atomic E-state index is 5.59. The van der Waals surface area contributed by atoms with Gasteiger partial charge in [-0.05, 0) is 12.1 Å². The summed E-state index contributed by atoms with van der Waals surface area (Å²) in [4.78, 5) is 4.88. The summed E-state index contributed by atoms with van der Waals surface area (Å²) in [6.07, 6.45) is 0. The molecule has 2 aromatic heterocycles. The minimum atomic E-state index is 0.424. The maximum Gasteiger partial charge on any atom is 0.204 e. The van der Waals surface area contributed by atoms with Crippen LogP contribution in [0.5, 0.6) is 34.5 Å². The number of ether oxygens (including phenoxy) is 6. The van der Waals surface area contributed by atoms with Crippen molar-refractivity contribution in [1.82, 2.24) is 25.0 Å². The van der Waals surface area contributed by atoms with Crippen LogP contribution < -0.4 is 28.4 Å². The van der Waals surface area contributed by atoms with Crippen molar-refractivity contribution in [2.75, 3.05) is 42.7 Å². The first-order valence-electron chi connectivity index (χ1n) is 11.9. The van der Waals surface area contributed by atoms with Crippen LogP contribution in [-0.4, -0.2) is 67.6 Å². The zero-order valence-corrected chi connectivity index (χ0v) is 22.4. The third kappa shape index (κ3) is 4.48. The van der Waals surface area contributed by atoms with E-state index in [2.05, 4.69) is 10.2 Å². The molecule has 0 aliphatic rings. The minimum Gasteiger partial charge on any atom is -0.493 e. The molecule has 0 N–H and O–H groups in total. The summed E-state index contributed by atoms with van der Waals surface area (Å²) in [5, 5.41) is 13.9. The summed E-state index contributed by atoms with van der Waals surface area (Å²) in [6.45, 7) is 0. The van der Waals surface area contributed by atoms with E-state index in [9.17, 15) is 0 Å². The second kappa shape index (κ2) is 10.7. The van der Waals surface area contributed by atoms with E-state index in [0.717, 1.165) is 5.56 Å². The summed E-state index contributed by atoms with van der Waals surface area (Å²) < 4.78 is 34.9. The molecule has 2 heterocycles. The Balaban J connectivity index is 1.81. The molecule has 11 heteroatoms. The summed E-state index contributed by atoms with van der Waals surface area (Å²) in [5.74, 6) is 3.27. The zero-order valence-electron chi connectivity index (χ0n) is 22.4. The average molecular weight is 530 g/mol. The monoisotopic (exact) mass is 529 g/mol. The van der Waals surface area contributed by atoms with Gasteiger partial charge in [-0.1, -0.05) is 30.3 Å². The molecule has 0 saturated carbocycles. The van der Waals surface area contributed by atoms with Crippen molar-refractivity contribution in [2.24, 2.45) is 0 Å². The van der Waals surface area contributed by atoms with Crippen molar-refractivity contribution >= 4 is 11.2 Å². The summed E-state index contributed by atoms with van der Waals surface area (Å²) in [6, 6.07) is 16.8. The highest BCUT2D eigenvalue weighted by Gasteiger charge is 2.24. The number of benzene rings is 3. The highest BCUT2D eigenvalue weighted by molar-refractivity contribution is 5.90. The van der Waals surface area contributed by atoms with Crippen molar-refractivity contribution in [3.8, 4) is 62.8 Å². The standard InChI is InChI=1S/C28H27N5O6/c1-34-19-12-17(13-20(35-2)25(19)38-5)23-24-28(31-30-27(29-24)16-10-8-7-9-11-16)33(32-23)18-14-21(36-3)26(39-6)22(15-18)37-4/h7-15H,1-6H3. The van der Waals surface area contributed by atoms with E-state index in [1.54, 1.807) is 59.5 Å². The van der Waals surface area contributed by atoms with Gasteiger partial charge in [0.1, 0.15) is 11.2 Å². The van der Waals surface area contributed by atoms with Crippen LogP contribution in [0, 0.1) is 0 Å². The lowest BCUT2D eigenvalue weighted by Gasteiger charge is -2.14. The molecule has 0 radical (unpaired) electrons. The number of nitrogens with zero attached hydrogens (tertiary/aromatic N) is 5. The fourth-order valence-electron chi connectivity index (χ4n) is 4.31. The van der Waals surface area contributed by atoms with Crippen LogP contribution in [0.4, 0.5) is 0 Å². The second-order valence-electron chi connectivity index (χ2n) is 8.23. The molecule has 200 valence electrons. The van der Waals surface area contributed by atoms with Crippen molar-refractivity contribution in [1.29, 1.82) is 0 Å². The van der Waals surface area contributed by atoms with E-state index in [-0.39, 0.29) is 0 Å². The minimum absolute atomic E-state index is 0.424. The van der Waals surface area contributed by atoms with Crippen molar-refractivity contribution in [2.45, 2.75) is 0 Å². The van der Waals surface area contributed by atoms with E-state index in [0.29, 0.717) is 68.4 Å². The Morgan fingerprint density at radius 1 is 0.590 bits per heavy atom. The number of methoxy groups -OCH3 is 6. The van der Waals surface area contributed by atoms with Gasteiger partial charge in [0.25, 0.3) is 0 Å². The quantitative estimate of drug-likeness (QED) is 0.269. The van der Waals surface area contributed by atoms with Gasteiger partial charge in [0, 0.05) is 23.3 Å². The van der Waals surface area contributed by atoms with E-state index < -0.39 is 0 Å². The molecule has 0 saturated heterocycles. The first-order valence-corrected chi connectivity index (χ1v) is 11.9. The van der Waals surface area contributed by atoms with Gasteiger partial charge >= 0.3 is 0 Å². The normalized spacial score (nSPS) is 10.8. The Labute approximate surface area is 224 Å². The van der Waals surface area contributed by atoms with Crippen molar-refractivity contribution in [3.05, 3.63) is 54.6 Å². The molecular weight excluding hydrogens is 502 g/mol. The predicted molar refractivity (Wildman–Crippen MR) is 145 cm³/mol. The molecule has 0 amide bonds. The van der Waals surface area contributed by atoms with Crippen LogP contribution in [0.2, 0.25) is 0 Å². The predicted octanol–water partition coefficient (Wildman–Crippen LogP) is 4.60. The molecule has 3 aromatic carbocycles. The molecule has 11 nitrogen and oxygen atoms in total. The molecule has 0 aliphatic carbocycles. The largest absolute Gasteiger partial charge is 0.493 e. The van der Waals surface area contributed by atoms with Crippen LogP contribution in [0.3, 0.4) is 0 Å². The van der Waals surface area contributed by atoms with Gasteiger partial charge in [-0.25, -0.2) is 9.67 Å². The van der Waals surface area contributed by atoms with Gasteiger partial charge in [-0.2, -0.15) is 5.10 Å². The fourth-order valence-corrected chi connectivity index (χ4v) is 4.31. The maximum absolute atomic E-state index is 5.59. The number of hydrogen-bond acceptors (Lipinski definition) is 10. The van der Waals surface area contributed by atoms with Crippen LogP contribution in [-0.2, 0) is 0 Å². The Morgan fingerprint density at radius 2 is 1.13 bits per heavy atom. The topological polar surface area (TPSA) is 112 Å². The summed E-state index contributed by atoms with van der Waals surface area (Å²) >= 11 is 0. The van der Waals surface area contributed by atoms with Gasteiger partial charge < -0.3 is 28.4 Å². The van der Waals surface area contributed by atoms with Crippen LogP contribution >= 0.6 is 0 Å². The number of hydrogen-bond donors (Lipinski definition) is 0.